The van der Waals surface area contributed by atoms with Gasteiger partial charge in [-0.1, -0.05) is 29.3 Å². The van der Waals surface area contributed by atoms with Crippen LogP contribution in [0.4, 0.5) is 0 Å². The average molecular weight is 347 g/mol. The van der Waals surface area contributed by atoms with Crippen LogP contribution in [0, 0.1) is 0 Å². The van der Waals surface area contributed by atoms with E-state index in [9.17, 15) is 18.0 Å². The summed E-state index contributed by atoms with van der Waals surface area (Å²) >= 11 is 11.3. The Kier molecular flexibility index (Phi) is 4.36. The standard InChI is InChI=1S/C12H8Cl2N2O4S/c13-8-2-1-3-9(5-8)21(19,20)16-11(17)7-4-10(14)12(18)15-6-7/h1-6H,(H,15,18)(H,16,17). The number of carbonyl (C=O) groups is 1. The Balaban J connectivity index is 2.30. The third kappa shape index (κ3) is 3.63. The number of halogens is 2. The average Bonchev–Trinajstić information content (AvgIpc) is 2.41. The number of hydrogen-bond acceptors (Lipinski definition) is 4. The topological polar surface area (TPSA) is 96.1 Å². The normalized spacial score (nSPS) is 11.1. The second-order valence-corrected chi connectivity index (χ2v) is 6.48. The second-order valence-electron chi connectivity index (χ2n) is 3.96. The number of pyridine rings is 1. The summed E-state index contributed by atoms with van der Waals surface area (Å²) in [7, 11) is -4.07. The number of aromatic nitrogens is 1. The van der Waals surface area contributed by atoms with Gasteiger partial charge in [0.1, 0.15) is 5.02 Å². The number of sulfonamides is 1. The summed E-state index contributed by atoms with van der Waals surface area (Å²) in [4.78, 5) is 25.0. The van der Waals surface area contributed by atoms with Crippen molar-refractivity contribution in [3.8, 4) is 0 Å². The highest BCUT2D eigenvalue weighted by Crippen LogP contribution is 2.15. The summed E-state index contributed by atoms with van der Waals surface area (Å²) in [5, 5.41) is 0.000197. The van der Waals surface area contributed by atoms with Gasteiger partial charge in [-0.15, -0.1) is 0 Å². The lowest BCUT2D eigenvalue weighted by atomic mass is 10.3. The first kappa shape index (κ1) is 15.6. The van der Waals surface area contributed by atoms with Crippen LogP contribution in [0.1, 0.15) is 10.4 Å². The summed E-state index contributed by atoms with van der Waals surface area (Å²) in [6.07, 6.45) is 1.07. The number of H-pyrrole nitrogens is 1. The van der Waals surface area contributed by atoms with Gasteiger partial charge in [0, 0.05) is 11.2 Å². The molecule has 1 amide bonds. The number of hydrogen-bond donors (Lipinski definition) is 2. The molecule has 0 fully saturated rings. The number of carbonyl (C=O) groups excluding carboxylic acids is 1. The second kappa shape index (κ2) is 5.88. The van der Waals surface area contributed by atoms with Gasteiger partial charge in [-0.05, 0) is 24.3 Å². The van der Waals surface area contributed by atoms with Crippen molar-refractivity contribution < 1.29 is 13.2 Å². The van der Waals surface area contributed by atoms with E-state index in [0.29, 0.717) is 0 Å². The molecule has 0 bridgehead atoms. The van der Waals surface area contributed by atoms with Crippen LogP contribution in [0.2, 0.25) is 10.0 Å². The third-order valence-electron chi connectivity index (χ3n) is 2.45. The Bertz CT molecular complexity index is 862. The van der Waals surface area contributed by atoms with E-state index in [1.54, 1.807) is 0 Å². The highest BCUT2D eigenvalue weighted by molar-refractivity contribution is 7.90. The molecule has 21 heavy (non-hydrogen) atoms. The molecule has 9 heteroatoms. The first-order chi connectivity index (χ1) is 9.79. The van der Waals surface area contributed by atoms with Crippen LogP contribution >= 0.6 is 23.2 Å². The van der Waals surface area contributed by atoms with Crippen LogP contribution in [0.15, 0.2) is 46.2 Å². The molecule has 2 N–H and O–H groups in total. The van der Waals surface area contributed by atoms with Crippen molar-refractivity contribution in [3.05, 3.63) is 62.5 Å². The van der Waals surface area contributed by atoms with E-state index in [2.05, 4.69) is 4.98 Å². The van der Waals surface area contributed by atoms with Crippen LogP contribution < -0.4 is 10.3 Å². The van der Waals surface area contributed by atoms with E-state index < -0.39 is 21.5 Å². The van der Waals surface area contributed by atoms with Crippen LogP contribution in [-0.4, -0.2) is 19.3 Å². The highest BCUT2D eigenvalue weighted by atomic mass is 35.5. The van der Waals surface area contributed by atoms with Gasteiger partial charge >= 0.3 is 0 Å². The summed E-state index contributed by atoms with van der Waals surface area (Å²) in [6.45, 7) is 0. The Hall–Kier alpha value is -1.83. The minimum atomic E-state index is -4.07. The maximum absolute atomic E-state index is 12.0. The maximum atomic E-state index is 12.0. The van der Waals surface area contributed by atoms with Gasteiger partial charge in [0.05, 0.1) is 10.5 Å². The number of amides is 1. The van der Waals surface area contributed by atoms with Gasteiger partial charge < -0.3 is 4.98 Å². The minimum Gasteiger partial charge on any atom is -0.327 e. The van der Waals surface area contributed by atoms with Crippen molar-refractivity contribution in [2.45, 2.75) is 4.90 Å². The van der Waals surface area contributed by atoms with Crippen molar-refractivity contribution in [2.24, 2.45) is 0 Å². The number of nitrogens with one attached hydrogen (secondary N) is 2. The molecule has 0 saturated heterocycles. The summed E-state index contributed by atoms with van der Waals surface area (Å²) in [5.41, 5.74) is -0.670. The summed E-state index contributed by atoms with van der Waals surface area (Å²) < 4.78 is 25.9. The lowest BCUT2D eigenvalue weighted by Gasteiger charge is -2.07. The molecular weight excluding hydrogens is 339 g/mol. The molecule has 0 aliphatic heterocycles. The Morgan fingerprint density at radius 3 is 2.52 bits per heavy atom. The smallest absolute Gasteiger partial charge is 0.266 e. The van der Waals surface area contributed by atoms with Crippen LogP contribution in [0.25, 0.3) is 0 Å². The molecule has 1 heterocycles. The quantitative estimate of drug-likeness (QED) is 0.885. The third-order valence-corrected chi connectivity index (χ3v) is 4.30. The number of benzene rings is 1. The van der Waals surface area contributed by atoms with E-state index >= 15 is 0 Å². The largest absolute Gasteiger partial charge is 0.327 e. The van der Waals surface area contributed by atoms with Gasteiger partial charge in [0.15, 0.2) is 0 Å². The van der Waals surface area contributed by atoms with E-state index in [0.717, 1.165) is 12.3 Å². The summed E-state index contributed by atoms with van der Waals surface area (Å²) in [6, 6.07) is 6.52. The zero-order chi connectivity index (χ0) is 15.6. The Morgan fingerprint density at radius 2 is 1.90 bits per heavy atom. The molecule has 1 aromatic carbocycles. The molecule has 0 saturated carbocycles. The van der Waals surface area contributed by atoms with Crippen molar-refractivity contribution >= 4 is 39.1 Å². The highest BCUT2D eigenvalue weighted by Gasteiger charge is 2.19. The van der Waals surface area contributed by atoms with Crippen LogP contribution in [-0.2, 0) is 10.0 Å². The Labute approximate surface area is 129 Å². The maximum Gasteiger partial charge on any atom is 0.266 e. The van der Waals surface area contributed by atoms with E-state index in [1.807, 2.05) is 4.72 Å². The fraction of sp³-hybridized carbons (Fsp3) is 0. The molecule has 110 valence electrons. The monoisotopic (exact) mass is 346 g/mol. The van der Waals surface area contributed by atoms with E-state index in [1.165, 1.54) is 24.3 Å². The zero-order valence-electron chi connectivity index (χ0n) is 10.3. The SMILES string of the molecule is O=C(NS(=O)(=O)c1cccc(Cl)c1)c1c[nH]c(=O)c(Cl)c1. The van der Waals surface area contributed by atoms with Gasteiger partial charge in [0.2, 0.25) is 0 Å². The van der Waals surface area contributed by atoms with E-state index in [-0.39, 0.29) is 20.5 Å². The molecule has 1 aromatic heterocycles. The lowest BCUT2D eigenvalue weighted by molar-refractivity contribution is 0.0981. The van der Waals surface area contributed by atoms with Crippen molar-refractivity contribution in [1.29, 1.82) is 0 Å². The molecule has 0 atom stereocenters. The predicted octanol–water partition coefficient (Wildman–Crippen LogP) is 1.80. The van der Waals surface area contributed by atoms with Crippen LogP contribution in [0.5, 0.6) is 0 Å². The molecule has 0 spiro atoms. The van der Waals surface area contributed by atoms with Gasteiger partial charge in [0.25, 0.3) is 21.5 Å². The number of aromatic amines is 1. The first-order valence-electron chi connectivity index (χ1n) is 5.50. The summed E-state index contributed by atoms with van der Waals surface area (Å²) in [5.74, 6) is -0.923. The Morgan fingerprint density at radius 1 is 1.19 bits per heavy atom. The molecule has 2 rings (SSSR count). The molecule has 2 aromatic rings. The molecule has 0 unspecified atom stereocenters. The van der Waals surface area contributed by atoms with Crippen molar-refractivity contribution in [3.63, 3.8) is 0 Å². The molecule has 0 aliphatic rings. The first-order valence-corrected chi connectivity index (χ1v) is 7.74. The van der Waals surface area contributed by atoms with Gasteiger partial charge in [-0.25, -0.2) is 13.1 Å². The number of rotatable bonds is 3. The van der Waals surface area contributed by atoms with E-state index in [4.69, 9.17) is 23.2 Å². The van der Waals surface area contributed by atoms with Gasteiger partial charge in [-0.3, -0.25) is 9.59 Å². The fourth-order valence-corrected chi connectivity index (χ4v) is 2.91. The molecular formula is C12H8Cl2N2O4S. The molecule has 0 aliphatic carbocycles. The molecule has 6 nitrogen and oxygen atoms in total. The van der Waals surface area contributed by atoms with Crippen molar-refractivity contribution in [1.82, 2.24) is 9.71 Å². The fourth-order valence-electron chi connectivity index (χ4n) is 1.46. The lowest BCUT2D eigenvalue weighted by Crippen LogP contribution is -2.31. The zero-order valence-corrected chi connectivity index (χ0v) is 12.6. The van der Waals surface area contributed by atoms with Crippen molar-refractivity contribution in [2.75, 3.05) is 0 Å². The minimum absolute atomic E-state index is 0.0924. The predicted molar refractivity (Wildman–Crippen MR) is 78.2 cm³/mol. The molecule has 0 radical (unpaired) electrons. The van der Waals surface area contributed by atoms with Gasteiger partial charge in [-0.2, -0.15) is 0 Å². The van der Waals surface area contributed by atoms with Crippen LogP contribution in [0.3, 0.4) is 0 Å².